The second-order valence-electron chi connectivity index (χ2n) is 6.28. The van der Waals surface area contributed by atoms with Crippen molar-refractivity contribution in [2.45, 2.75) is 26.4 Å². The number of benzene rings is 1. The SMILES string of the molecule is CC(=O)Nc1nc2c(cc1C(N)=O)c1ccccc1n2C[C@H](C)NC(=O)O. The molecule has 0 unspecified atom stereocenters. The Kier molecular flexibility index (Phi) is 4.68. The highest BCUT2D eigenvalue weighted by atomic mass is 16.4. The lowest BCUT2D eigenvalue weighted by molar-refractivity contribution is -0.114. The second kappa shape index (κ2) is 6.94. The van der Waals surface area contributed by atoms with Crippen molar-refractivity contribution in [3.63, 3.8) is 0 Å². The van der Waals surface area contributed by atoms with Crippen LogP contribution in [0.3, 0.4) is 0 Å². The van der Waals surface area contributed by atoms with Crippen molar-refractivity contribution >= 4 is 45.7 Å². The lowest BCUT2D eigenvalue weighted by Crippen LogP contribution is -2.34. The van der Waals surface area contributed by atoms with Gasteiger partial charge in [0.05, 0.1) is 11.1 Å². The maximum Gasteiger partial charge on any atom is 0.404 e. The van der Waals surface area contributed by atoms with Crippen LogP contribution in [0.15, 0.2) is 30.3 Å². The molecule has 5 N–H and O–H groups in total. The van der Waals surface area contributed by atoms with E-state index in [4.69, 9.17) is 10.8 Å². The molecule has 0 saturated carbocycles. The Morgan fingerprint density at radius 2 is 1.96 bits per heavy atom. The van der Waals surface area contributed by atoms with Gasteiger partial charge >= 0.3 is 6.09 Å². The maximum absolute atomic E-state index is 11.8. The van der Waals surface area contributed by atoms with Gasteiger partial charge in [-0.25, -0.2) is 9.78 Å². The van der Waals surface area contributed by atoms with Crippen molar-refractivity contribution in [2.75, 3.05) is 5.32 Å². The number of anilines is 1. The molecule has 9 heteroatoms. The number of para-hydroxylation sites is 1. The molecule has 9 nitrogen and oxygen atoms in total. The van der Waals surface area contributed by atoms with Crippen LogP contribution in [0.25, 0.3) is 21.9 Å². The van der Waals surface area contributed by atoms with Crippen molar-refractivity contribution in [1.82, 2.24) is 14.9 Å². The van der Waals surface area contributed by atoms with Crippen LogP contribution in [0.1, 0.15) is 24.2 Å². The number of pyridine rings is 1. The smallest absolute Gasteiger partial charge is 0.404 e. The molecule has 3 rings (SSSR count). The summed E-state index contributed by atoms with van der Waals surface area (Å²) in [6, 6.07) is 8.70. The Balaban J connectivity index is 2.27. The monoisotopic (exact) mass is 369 g/mol. The fourth-order valence-electron chi connectivity index (χ4n) is 3.12. The summed E-state index contributed by atoms with van der Waals surface area (Å²) >= 11 is 0. The third-order valence-electron chi connectivity index (χ3n) is 4.13. The number of carboxylic acid groups (broad SMARTS) is 1. The first-order valence-corrected chi connectivity index (χ1v) is 8.26. The number of fused-ring (bicyclic) bond motifs is 3. The van der Waals surface area contributed by atoms with Gasteiger partial charge in [0.1, 0.15) is 11.5 Å². The normalized spacial score (nSPS) is 12.1. The van der Waals surface area contributed by atoms with E-state index < -0.39 is 12.0 Å². The lowest BCUT2D eigenvalue weighted by atomic mass is 10.1. The average molecular weight is 369 g/mol. The minimum atomic E-state index is -1.12. The number of hydrogen-bond acceptors (Lipinski definition) is 4. The first-order valence-electron chi connectivity index (χ1n) is 8.26. The van der Waals surface area contributed by atoms with Gasteiger partial charge in [-0.2, -0.15) is 0 Å². The molecule has 2 aromatic heterocycles. The predicted octanol–water partition coefficient (Wildman–Crippen LogP) is 1.90. The van der Waals surface area contributed by atoms with Crippen LogP contribution in [0.5, 0.6) is 0 Å². The van der Waals surface area contributed by atoms with E-state index in [-0.39, 0.29) is 23.3 Å². The summed E-state index contributed by atoms with van der Waals surface area (Å²) in [5.74, 6) is -1.01. The van der Waals surface area contributed by atoms with Gasteiger partial charge in [0.25, 0.3) is 5.91 Å². The van der Waals surface area contributed by atoms with Crippen molar-refractivity contribution in [3.8, 4) is 0 Å². The standard InChI is InChI=1S/C18H19N5O4/c1-9(20-18(26)27)8-23-14-6-4-3-5-11(14)12-7-13(15(19)25)16(21-10(2)24)22-17(12)23/h3-7,9,20H,8H2,1-2H3,(H2,19,25)(H,26,27)(H,21,22,24)/t9-/m0/s1. The topological polar surface area (TPSA) is 139 Å². The molecule has 0 radical (unpaired) electrons. The van der Waals surface area contributed by atoms with E-state index in [9.17, 15) is 14.4 Å². The van der Waals surface area contributed by atoms with Gasteiger partial charge in [0.2, 0.25) is 5.91 Å². The van der Waals surface area contributed by atoms with Gasteiger partial charge < -0.3 is 26.0 Å². The van der Waals surface area contributed by atoms with Gasteiger partial charge in [-0.3, -0.25) is 9.59 Å². The Morgan fingerprint density at radius 3 is 2.59 bits per heavy atom. The Morgan fingerprint density at radius 1 is 1.26 bits per heavy atom. The van der Waals surface area contributed by atoms with E-state index in [0.717, 1.165) is 10.9 Å². The molecule has 2 heterocycles. The minimum absolute atomic E-state index is 0.0744. The number of nitrogens with two attached hydrogens (primary N) is 1. The average Bonchev–Trinajstić information content (AvgIpc) is 2.86. The van der Waals surface area contributed by atoms with Crippen LogP contribution in [0.4, 0.5) is 10.6 Å². The Bertz CT molecular complexity index is 1070. The highest BCUT2D eigenvalue weighted by molar-refractivity contribution is 6.11. The predicted molar refractivity (Wildman–Crippen MR) is 101 cm³/mol. The van der Waals surface area contributed by atoms with Crippen molar-refractivity contribution < 1.29 is 19.5 Å². The third-order valence-corrected chi connectivity index (χ3v) is 4.13. The van der Waals surface area contributed by atoms with Gasteiger partial charge in [0, 0.05) is 30.3 Å². The molecule has 27 heavy (non-hydrogen) atoms. The molecule has 3 aromatic rings. The van der Waals surface area contributed by atoms with Crippen LogP contribution in [-0.4, -0.2) is 38.6 Å². The van der Waals surface area contributed by atoms with E-state index >= 15 is 0 Å². The number of carbonyl (C=O) groups excluding carboxylic acids is 2. The minimum Gasteiger partial charge on any atom is -0.465 e. The van der Waals surface area contributed by atoms with Crippen molar-refractivity contribution in [3.05, 3.63) is 35.9 Å². The number of primary amides is 1. The quantitative estimate of drug-likeness (QED) is 0.544. The zero-order valence-electron chi connectivity index (χ0n) is 14.8. The summed E-state index contributed by atoms with van der Waals surface area (Å²) in [5, 5.41) is 15.4. The molecule has 0 spiro atoms. The summed E-state index contributed by atoms with van der Waals surface area (Å²) in [7, 11) is 0. The zero-order chi connectivity index (χ0) is 19.7. The van der Waals surface area contributed by atoms with Crippen LogP contribution in [0, 0.1) is 0 Å². The number of carbonyl (C=O) groups is 3. The van der Waals surface area contributed by atoms with Crippen LogP contribution in [0.2, 0.25) is 0 Å². The largest absolute Gasteiger partial charge is 0.465 e. The van der Waals surface area contributed by atoms with E-state index in [2.05, 4.69) is 15.6 Å². The Labute approximate surface area is 154 Å². The van der Waals surface area contributed by atoms with Gasteiger partial charge in [0.15, 0.2) is 0 Å². The number of nitrogens with zero attached hydrogens (tertiary/aromatic N) is 2. The number of aromatic nitrogens is 2. The van der Waals surface area contributed by atoms with Crippen molar-refractivity contribution in [1.29, 1.82) is 0 Å². The fraction of sp³-hybridized carbons (Fsp3) is 0.222. The summed E-state index contributed by atoms with van der Waals surface area (Å²) in [5.41, 5.74) is 6.91. The summed E-state index contributed by atoms with van der Waals surface area (Å²) in [6.07, 6.45) is -1.12. The molecule has 0 aliphatic rings. The molecule has 1 atom stereocenters. The molecule has 0 fully saturated rings. The molecule has 0 aliphatic carbocycles. The van der Waals surface area contributed by atoms with Gasteiger partial charge in [-0.1, -0.05) is 18.2 Å². The van der Waals surface area contributed by atoms with Crippen LogP contribution in [-0.2, 0) is 11.3 Å². The molecular weight excluding hydrogens is 350 g/mol. The maximum atomic E-state index is 11.8. The summed E-state index contributed by atoms with van der Waals surface area (Å²) in [4.78, 5) is 38.7. The highest BCUT2D eigenvalue weighted by Crippen LogP contribution is 2.31. The van der Waals surface area contributed by atoms with E-state index in [0.29, 0.717) is 17.6 Å². The summed E-state index contributed by atoms with van der Waals surface area (Å²) in [6.45, 7) is 3.37. The van der Waals surface area contributed by atoms with Gasteiger partial charge in [-0.05, 0) is 19.1 Å². The highest BCUT2D eigenvalue weighted by Gasteiger charge is 2.20. The molecule has 0 saturated heterocycles. The number of amides is 3. The lowest BCUT2D eigenvalue weighted by Gasteiger charge is -2.15. The molecule has 0 bridgehead atoms. The van der Waals surface area contributed by atoms with E-state index in [1.807, 2.05) is 28.8 Å². The summed E-state index contributed by atoms with van der Waals surface area (Å²) < 4.78 is 1.85. The molecule has 0 aliphatic heterocycles. The molecular formula is C18H19N5O4. The van der Waals surface area contributed by atoms with E-state index in [1.165, 1.54) is 6.92 Å². The molecule has 3 amide bonds. The molecule has 140 valence electrons. The van der Waals surface area contributed by atoms with Crippen LogP contribution < -0.4 is 16.4 Å². The van der Waals surface area contributed by atoms with Crippen LogP contribution >= 0.6 is 0 Å². The zero-order valence-corrected chi connectivity index (χ0v) is 14.8. The second-order valence-corrected chi connectivity index (χ2v) is 6.28. The first-order chi connectivity index (χ1) is 12.8. The van der Waals surface area contributed by atoms with Crippen molar-refractivity contribution in [2.24, 2.45) is 5.73 Å². The fourth-order valence-corrected chi connectivity index (χ4v) is 3.12. The Hall–Kier alpha value is -3.62. The van der Waals surface area contributed by atoms with E-state index in [1.54, 1.807) is 13.0 Å². The molecule has 1 aromatic carbocycles. The number of rotatable bonds is 5. The first kappa shape index (κ1) is 18.2. The van der Waals surface area contributed by atoms with Gasteiger partial charge in [-0.15, -0.1) is 0 Å². The third kappa shape index (κ3) is 3.52. The number of hydrogen-bond donors (Lipinski definition) is 4. The number of nitrogens with one attached hydrogen (secondary N) is 2.